The van der Waals surface area contributed by atoms with E-state index in [0.717, 1.165) is 63.4 Å². The average molecular weight is 384 g/mol. The van der Waals surface area contributed by atoms with Gasteiger partial charge in [-0.25, -0.2) is 4.79 Å². The van der Waals surface area contributed by atoms with Crippen LogP contribution in [0.2, 0.25) is 0 Å². The summed E-state index contributed by atoms with van der Waals surface area (Å²) in [5.41, 5.74) is 2.61. The van der Waals surface area contributed by atoms with Gasteiger partial charge in [0, 0.05) is 25.2 Å². The zero-order valence-electron chi connectivity index (χ0n) is 17.2. The predicted octanol–water partition coefficient (Wildman–Crippen LogP) is 4.04. The molecular weight excluding hydrogens is 350 g/mol. The van der Waals surface area contributed by atoms with Crippen LogP contribution < -0.4 is 10.6 Å². The van der Waals surface area contributed by atoms with Gasteiger partial charge in [0.1, 0.15) is 11.5 Å². The Morgan fingerprint density at radius 2 is 1.89 bits per heavy atom. The van der Waals surface area contributed by atoms with Crippen molar-refractivity contribution in [2.24, 2.45) is 5.92 Å². The third-order valence-corrected chi connectivity index (χ3v) is 5.57. The normalized spacial score (nSPS) is 15.5. The molecule has 2 heterocycles. The third-order valence-electron chi connectivity index (χ3n) is 5.57. The lowest BCUT2D eigenvalue weighted by Crippen LogP contribution is -2.42. The second-order valence-electron chi connectivity index (χ2n) is 7.88. The molecule has 1 aliphatic heterocycles. The van der Waals surface area contributed by atoms with E-state index in [2.05, 4.69) is 45.9 Å². The summed E-state index contributed by atoms with van der Waals surface area (Å²) in [5, 5.41) is 6.02. The zero-order chi connectivity index (χ0) is 19.8. The van der Waals surface area contributed by atoms with Gasteiger partial charge in [0.2, 0.25) is 0 Å². The molecule has 152 valence electrons. The number of carbonyl (C=O) groups excluding carboxylic acids is 1. The first-order valence-electron chi connectivity index (χ1n) is 10.4. The topological polar surface area (TPSA) is 57.5 Å². The number of nitrogens with one attached hydrogen (secondary N) is 2. The molecule has 2 N–H and O–H groups in total. The van der Waals surface area contributed by atoms with Gasteiger partial charge in [0.15, 0.2) is 0 Å². The second-order valence-corrected chi connectivity index (χ2v) is 7.88. The van der Waals surface area contributed by atoms with E-state index in [1.54, 1.807) is 0 Å². The highest BCUT2D eigenvalue weighted by atomic mass is 16.3. The number of urea groups is 1. The van der Waals surface area contributed by atoms with Crippen molar-refractivity contribution in [3.8, 4) is 0 Å². The van der Waals surface area contributed by atoms with E-state index >= 15 is 0 Å². The SMILES string of the molecule is Cc1cc(CN2CCC(CNC(=O)NCCCc3ccccc3)CC2)c(C)o1. The van der Waals surface area contributed by atoms with Gasteiger partial charge in [-0.3, -0.25) is 4.90 Å². The van der Waals surface area contributed by atoms with Gasteiger partial charge in [0.05, 0.1) is 0 Å². The summed E-state index contributed by atoms with van der Waals surface area (Å²) < 4.78 is 5.63. The zero-order valence-corrected chi connectivity index (χ0v) is 17.2. The fourth-order valence-electron chi connectivity index (χ4n) is 3.87. The van der Waals surface area contributed by atoms with Gasteiger partial charge < -0.3 is 15.1 Å². The number of hydrogen-bond donors (Lipinski definition) is 2. The summed E-state index contributed by atoms with van der Waals surface area (Å²) in [6.45, 7) is 8.64. The molecule has 1 aromatic heterocycles. The largest absolute Gasteiger partial charge is 0.466 e. The summed E-state index contributed by atoms with van der Waals surface area (Å²) >= 11 is 0. The number of amides is 2. The number of carbonyl (C=O) groups is 1. The Morgan fingerprint density at radius 1 is 1.14 bits per heavy atom. The van der Waals surface area contributed by atoms with Crippen molar-refractivity contribution >= 4 is 6.03 Å². The molecule has 0 unspecified atom stereocenters. The van der Waals surface area contributed by atoms with E-state index in [4.69, 9.17) is 4.42 Å². The second kappa shape index (κ2) is 10.3. The van der Waals surface area contributed by atoms with Gasteiger partial charge in [-0.05, 0) is 70.2 Å². The van der Waals surface area contributed by atoms with Crippen molar-refractivity contribution in [3.05, 3.63) is 59.0 Å². The van der Waals surface area contributed by atoms with Gasteiger partial charge >= 0.3 is 6.03 Å². The van der Waals surface area contributed by atoms with Crippen LogP contribution in [0.1, 0.15) is 41.9 Å². The van der Waals surface area contributed by atoms with Gasteiger partial charge in [-0.1, -0.05) is 30.3 Å². The molecule has 1 fully saturated rings. The standard InChI is InChI=1S/C23H33N3O2/c1-18-15-22(19(2)28-18)17-26-13-10-21(11-14-26)16-25-23(27)24-12-6-9-20-7-4-3-5-8-20/h3-5,7-8,15,21H,6,9-14,16-17H2,1-2H3,(H2,24,25,27). The fourth-order valence-corrected chi connectivity index (χ4v) is 3.87. The smallest absolute Gasteiger partial charge is 0.314 e. The Labute approximate surface area is 168 Å². The molecule has 0 radical (unpaired) electrons. The highest BCUT2D eigenvalue weighted by Gasteiger charge is 2.20. The molecular formula is C23H33N3O2. The molecule has 2 amide bonds. The number of furan rings is 1. The monoisotopic (exact) mass is 383 g/mol. The highest BCUT2D eigenvalue weighted by molar-refractivity contribution is 5.73. The first kappa shape index (κ1) is 20.5. The Hall–Kier alpha value is -2.27. The van der Waals surface area contributed by atoms with Gasteiger partial charge in [-0.2, -0.15) is 0 Å². The van der Waals surface area contributed by atoms with Crippen LogP contribution in [-0.4, -0.2) is 37.1 Å². The molecule has 1 aromatic carbocycles. The molecule has 28 heavy (non-hydrogen) atoms. The molecule has 0 spiro atoms. The van der Waals surface area contributed by atoms with Crippen molar-refractivity contribution in [1.29, 1.82) is 0 Å². The molecule has 5 heteroatoms. The summed E-state index contributed by atoms with van der Waals surface area (Å²) in [6, 6.07) is 12.5. The number of benzene rings is 1. The molecule has 1 aliphatic rings. The number of hydrogen-bond acceptors (Lipinski definition) is 3. The maximum atomic E-state index is 12.0. The molecule has 0 atom stereocenters. The van der Waals surface area contributed by atoms with E-state index in [0.29, 0.717) is 12.5 Å². The molecule has 0 bridgehead atoms. The van der Waals surface area contributed by atoms with Crippen molar-refractivity contribution < 1.29 is 9.21 Å². The van der Waals surface area contributed by atoms with Crippen molar-refractivity contribution in [3.63, 3.8) is 0 Å². The van der Waals surface area contributed by atoms with Crippen LogP contribution in [0.25, 0.3) is 0 Å². The maximum absolute atomic E-state index is 12.0. The van der Waals surface area contributed by atoms with E-state index in [1.807, 2.05) is 19.9 Å². The van der Waals surface area contributed by atoms with E-state index in [9.17, 15) is 4.79 Å². The van der Waals surface area contributed by atoms with Gasteiger partial charge in [0.25, 0.3) is 0 Å². The van der Waals surface area contributed by atoms with Gasteiger partial charge in [-0.15, -0.1) is 0 Å². The van der Waals surface area contributed by atoms with Crippen molar-refractivity contribution in [2.45, 2.75) is 46.1 Å². The lowest BCUT2D eigenvalue weighted by Gasteiger charge is -2.31. The first-order valence-corrected chi connectivity index (χ1v) is 10.4. The molecule has 0 aliphatic carbocycles. The van der Waals surface area contributed by atoms with Crippen LogP contribution in [0.5, 0.6) is 0 Å². The van der Waals surface area contributed by atoms with Crippen LogP contribution in [0.3, 0.4) is 0 Å². The minimum Gasteiger partial charge on any atom is -0.466 e. The predicted molar refractivity (Wildman–Crippen MR) is 112 cm³/mol. The number of likely N-dealkylation sites (tertiary alicyclic amines) is 1. The van der Waals surface area contributed by atoms with E-state index < -0.39 is 0 Å². The fraction of sp³-hybridized carbons (Fsp3) is 0.522. The summed E-state index contributed by atoms with van der Waals surface area (Å²) in [7, 11) is 0. The van der Waals surface area contributed by atoms with Crippen LogP contribution in [0, 0.1) is 19.8 Å². The maximum Gasteiger partial charge on any atom is 0.314 e. The van der Waals surface area contributed by atoms with Crippen molar-refractivity contribution in [1.82, 2.24) is 15.5 Å². The Bertz CT molecular complexity index is 734. The molecule has 5 nitrogen and oxygen atoms in total. The summed E-state index contributed by atoms with van der Waals surface area (Å²) in [4.78, 5) is 14.5. The summed E-state index contributed by atoms with van der Waals surface area (Å²) in [5.74, 6) is 2.59. The minimum absolute atomic E-state index is 0.0417. The van der Waals surface area contributed by atoms with E-state index in [-0.39, 0.29) is 6.03 Å². The minimum atomic E-state index is -0.0417. The lowest BCUT2D eigenvalue weighted by molar-refractivity contribution is 0.174. The Morgan fingerprint density at radius 3 is 2.57 bits per heavy atom. The highest BCUT2D eigenvalue weighted by Crippen LogP contribution is 2.21. The molecule has 0 saturated carbocycles. The lowest BCUT2D eigenvalue weighted by atomic mass is 9.96. The summed E-state index contributed by atoms with van der Waals surface area (Å²) in [6.07, 6.45) is 4.21. The first-order chi connectivity index (χ1) is 13.6. The number of aryl methyl sites for hydroxylation is 3. The van der Waals surface area contributed by atoms with Crippen LogP contribution in [0.15, 0.2) is 40.8 Å². The van der Waals surface area contributed by atoms with Crippen LogP contribution in [0.4, 0.5) is 4.79 Å². The number of piperidine rings is 1. The molecule has 1 saturated heterocycles. The number of rotatable bonds is 8. The van der Waals surface area contributed by atoms with Crippen molar-refractivity contribution in [2.75, 3.05) is 26.2 Å². The van der Waals surface area contributed by atoms with Crippen LogP contribution in [-0.2, 0) is 13.0 Å². The Balaban J connectivity index is 1.26. The number of nitrogens with zero attached hydrogens (tertiary/aromatic N) is 1. The Kier molecular flexibility index (Phi) is 7.54. The quantitative estimate of drug-likeness (QED) is 0.677. The molecule has 3 rings (SSSR count). The van der Waals surface area contributed by atoms with Crippen LogP contribution >= 0.6 is 0 Å². The average Bonchev–Trinajstić information content (AvgIpc) is 3.02. The third kappa shape index (κ3) is 6.41. The van der Waals surface area contributed by atoms with E-state index in [1.165, 1.54) is 11.1 Å². The molecule has 2 aromatic rings.